The molecule has 0 spiro atoms. The summed E-state index contributed by atoms with van der Waals surface area (Å²) in [5, 5.41) is 17.4. The van der Waals surface area contributed by atoms with Crippen molar-refractivity contribution < 1.29 is 24.3 Å². The van der Waals surface area contributed by atoms with Crippen LogP contribution in [0, 0.1) is 17.8 Å². The zero-order chi connectivity index (χ0) is 26.0. The summed E-state index contributed by atoms with van der Waals surface area (Å²) in [6.07, 6.45) is 0.473. The number of amides is 3. The Balaban J connectivity index is 3.07. The van der Waals surface area contributed by atoms with Crippen molar-refractivity contribution in [3.63, 3.8) is 0 Å². The lowest BCUT2D eigenvalue weighted by molar-refractivity contribution is -0.143. The van der Waals surface area contributed by atoms with E-state index in [-0.39, 0.29) is 30.6 Å². The monoisotopic (exact) mass is 476 g/mol. The molecule has 34 heavy (non-hydrogen) atoms. The van der Waals surface area contributed by atoms with Crippen LogP contribution < -0.4 is 21.7 Å². The number of carbonyl (C=O) groups excluding carboxylic acids is 3. The van der Waals surface area contributed by atoms with Crippen LogP contribution in [0.5, 0.6) is 0 Å². The molecule has 9 heteroatoms. The number of benzene rings is 1. The highest BCUT2D eigenvalue weighted by Crippen LogP contribution is 2.10. The maximum Gasteiger partial charge on any atom is 0.326 e. The van der Waals surface area contributed by atoms with E-state index in [1.165, 1.54) is 0 Å². The first-order chi connectivity index (χ1) is 15.8. The van der Waals surface area contributed by atoms with Crippen LogP contribution in [0.4, 0.5) is 0 Å². The first-order valence-electron chi connectivity index (χ1n) is 11.8. The normalized spacial score (nSPS) is 14.9. The Hall–Kier alpha value is -2.94. The third kappa shape index (κ3) is 9.51. The molecule has 0 heterocycles. The van der Waals surface area contributed by atoms with Crippen molar-refractivity contribution in [3.05, 3.63) is 35.9 Å². The van der Waals surface area contributed by atoms with E-state index in [1.54, 1.807) is 13.8 Å². The molecule has 0 saturated heterocycles. The van der Waals surface area contributed by atoms with Crippen molar-refractivity contribution in [2.75, 3.05) is 0 Å². The lowest BCUT2D eigenvalue weighted by Gasteiger charge is -2.27. The molecule has 0 aromatic heterocycles. The summed E-state index contributed by atoms with van der Waals surface area (Å²) >= 11 is 0. The predicted molar refractivity (Wildman–Crippen MR) is 131 cm³/mol. The van der Waals surface area contributed by atoms with Gasteiger partial charge in [0.15, 0.2) is 0 Å². The zero-order valence-corrected chi connectivity index (χ0v) is 21.0. The van der Waals surface area contributed by atoms with Gasteiger partial charge in [0.1, 0.15) is 18.1 Å². The third-order valence-corrected chi connectivity index (χ3v) is 5.51. The van der Waals surface area contributed by atoms with Crippen molar-refractivity contribution in [2.45, 2.75) is 78.6 Å². The van der Waals surface area contributed by atoms with Crippen LogP contribution in [0.25, 0.3) is 0 Å². The quantitative estimate of drug-likeness (QED) is 0.291. The van der Waals surface area contributed by atoms with Crippen molar-refractivity contribution in [3.8, 4) is 0 Å². The van der Waals surface area contributed by atoms with Crippen LogP contribution in [-0.2, 0) is 25.6 Å². The van der Waals surface area contributed by atoms with Crippen LogP contribution >= 0.6 is 0 Å². The summed E-state index contributed by atoms with van der Waals surface area (Å²) in [5.41, 5.74) is 6.79. The largest absolute Gasteiger partial charge is 0.480 e. The van der Waals surface area contributed by atoms with Gasteiger partial charge in [0, 0.05) is 6.42 Å². The molecule has 0 bridgehead atoms. The van der Waals surface area contributed by atoms with E-state index < -0.39 is 47.9 Å². The molecule has 1 aromatic carbocycles. The molecule has 9 nitrogen and oxygen atoms in total. The molecule has 1 aromatic rings. The molecule has 3 amide bonds. The molecule has 0 aliphatic heterocycles. The second-order valence-electron chi connectivity index (χ2n) is 9.78. The van der Waals surface area contributed by atoms with Crippen LogP contribution in [0.15, 0.2) is 30.3 Å². The van der Waals surface area contributed by atoms with Gasteiger partial charge in [0.05, 0.1) is 6.04 Å². The molecule has 6 N–H and O–H groups in total. The van der Waals surface area contributed by atoms with Crippen molar-refractivity contribution in [1.82, 2.24) is 16.0 Å². The van der Waals surface area contributed by atoms with E-state index in [1.807, 2.05) is 58.0 Å². The summed E-state index contributed by atoms with van der Waals surface area (Å²) < 4.78 is 0. The number of hydrogen-bond donors (Lipinski definition) is 5. The average Bonchev–Trinajstić information content (AvgIpc) is 2.75. The van der Waals surface area contributed by atoms with Crippen LogP contribution in [0.3, 0.4) is 0 Å². The summed E-state index contributed by atoms with van der Waals surface area (Å²) in [6, 6.07) is 5.40. The summed E-state index contributed by atoms with van der Waals surface area (Å²) in [7, 11) is 0. The van der Waals surface area contributed by atoms with Gasteiger partial charge in [0.25, 0.3) is 0 Å². The molecule has 0 fully saturated rings. The SMILES string of the molecule is CC(C)CC(NC(=O)C(NC(=O)C(Cc1ccccc1)NC(=O)C(N)C(C)C)C(C)C)C(=O)O. The van der Waals surface area contributed by atoms with Gasteiger partial charge in [-0.1, -0.05) is 71.9 Å². The predicted octanol–water partition coefficient (Wildman–Crippen LogP) is 1.45. The van der Waals surface area contributed by atoms with Gasteiger partial charge < -0.3 is 26.8 Å². The standard InChI is InChI=1S/C25H40N4O5/c1-14(2)12-19(25(33)34)28-24(32)21(16(5)6)29-22(30)18(13-17-10-8-7-9-11-17)27-23(31)20(26)15(3)4/h7-11,14-16,18-21H,12-13,26H2,1-6H3,(H,27,31)(H,28,32)(H,29,30)(H,33,34). The first kappa shape index (κ1) is 29.1. The van der Waals surface area contributed by atoms with Gasteiger partial charge in [-0.25, -0.2) is 4.79 Å². The Labute approximate surface area is 202 Å². The summed E-state index contributed by atoms with van der Waals surface area (Å²) in [5.74, 6) is -3.10. The van der Waals surface area contributed by atoms with Crippen molar-refractivity contribution in [2.24, 2.45) is 23.5 Å². The van der Waals surface area contributed by atoms with E-state index in [2.05, 4.69) is 16.0 Å². The van der Waals surface area contributed by atoms with Gasteiger partial charge in [-0.05, 0) is 29.7 Å². The smallest absolute Gasteiger partial charge is 0.326 e. The van der Waals surface area contributed by atoms with E-state index in [0.29, 0.717) is 0 Å². The maximum absolute atomic E-state index is 13.2. The van der Waals surface area contributed by atoms with E-state index in [4.69, 9.17) is 5.73 Å². The van der Waals surface area contributed by atoms with Gasteiger partial charge in [0.2, 0.25) is 17.7 Å². The fourth-order valence-electron chi connectivity index (χ4n) is 3.37. The molecule has 1 rings (SSSR count). The van der Waals surface area contributed by atoms with Crippen molar-refractivity contribution in [1.29, 1.82) is 0 Å². The highest BCUT2D eigenvalue weighted by Gasteiger charge is 2.32. The minimum absolute atomic E-state index is 0.0594. The van der Waals surface area contributed by atoms with Gasteiger partial charge in [-0.2, -0.15) is 0 Å². The number of aliphatic carboxylic acids is 1. The Bertz CT molecular complexity index is 826. The average molecular weight is 477 g/mol. The van der Waals surface area contributed by atoms with Gasteiger partial charge >= 0.3 is 5.97 Å². The number of carboxylic acid groups (broad SMARTS) is 1. The summed E-state index contributed by atoms with van der Waals surface area (Å²) in [4.78, 5) is 50.3. The van der Waals surface area contributed by atoms with Crippen LogP contribution in [-0.4, -0.2) is 53.0 Å². The minimum atomic E-state index is -1.13. The molecule has 4 unspecified atom stereocenters. The Morgan fingerprint density at radius 3 is 1.82 bits per heavy atom. The fraction of sp³-hybridized carbons (Fsp3) is 0.600. The Morgan fingerprint density at radius 2 is 1.35 bits per heavy atom. The molecule has 0 radical (unpaired) electrons. The minimum Gasteiger partial charge on any atom is -0.480 e. The topological polar surface area (TPSA) is 151 Å². The first-order valence-corrected chi connectivity index (χ1v) is 11.8. The molecule has 0 aliphatic rings. The lowest BCUT2D eigenvalue weighted by atomic mass is 9.98. The number of carboxylic acids is 1. The lowest BCUT2D eigenvalue weighted by Crippen LogP contribution is -2.59. The number of nitrogens with one attached hydrogen (secondary N) is 3. The molecule has 4 atom stereocenters. The number of rotatable bonds is 13. The van der Waals surface area contributed by atoms with Crippen LogP contribution in [0.1, 0.15) is 53.5 Å². The van der Waals surface area contributed by atoms with Gasteiger partial charge in [-0.15, -0.1) is 0 Å². The summed E-state index contributed by atoms with van der Waals surface area (Å²) in [6.45, 7) is 10.9. The van der Waals surface area contributed by atoms with E-state index in [0.717, 1.165) is 5.56 Å². The fourth-order valence-corrected chi connectivity index (χ4v) is 3.37. The third-order valence-electron chi connectivity index (χ3n) is 5.51. The maximum atomic E-state index is 13.2. The van der Waals surface area contributed by atoms with Crippen LogP contribution in [0.2, 0.25) is 0 Å². The second-order valence-corrected chi connectivity index (χ2v) is 9.78. The van der Waals surface area contributed by atoms with Gasteiger partial charge in [-0.3, -0.25) is 14.4 Å². The van der Waals surface area contributed by atoms with Crippen molar-refractivity contribution >= 4 is 23.7 Å². The molecular formula is C25H40N4O5. The second kappa shape index (κ2) is 13.7. The number of hydrogen-bond acceptors (Lipinski definition) is 5. The molecule has 0 saturated carbocycles. The zero-order valence-electron chi connectivity index (χ0n) is 21.0. The number of nitrogens with two attached hydrogens (primary N) is 1. The molecule has 190 valence electrons. The number of carbonyl (C=O) groups is 4. The van der Waals surface area contributed by atoms with E-state index >= 15 is 0 Å². The molecule has 0 aliphatic carbocycles. The molecular weight excluding hydrogens is 436 g/mol. The Morgan fingerprint density at radius 1 is 0.794 bits per heavy atom. The van der Waals surface area contributed by atoms with E-state index in [9.17, 15) is 24.3 Å². The highest BCUT2D eigenvalue weighted by molar-refractivity contribution is 5.94. The highest BCUT2D eigenvalue weighted by atomic mass is 16.4. The Kier molecular flexibility index (Phi) is 11.7.